The Kier molecular flexibility index (Phi) is 6.45. The number of carbonyl (C=O) groups excluding carboxylic acids is 1. The summed E-state index contributed by atoms with van der Waals surface area (Å²) in [4.78, 5) is 39.3. The average Bonchev–Trinajstić information content (AvgIpc) is 3.32. The second kappa shape index (κ2) is 9.45. The summed E-state index contributed by atoms with van der Waals surface area (Å²) >= 11 is 0. The van der Waals surface area contributed by atoms with Crippen molar-refractivity contribution in [2.75, 3.05) is 26.1 Å². The first-order valence-electron chi connectivity index (χ1n) is 10.5. The standard InChI is InChI=1S/C23H24FN3O6/c1-31-19-10-17-18(11-20(19)32-2)26(13-21(28)25-15-6-3-5-14(24)9-15)23(30)27(22(17)29)12-16-7-4-8-33-16/h3,5-6,9-11,16H,4,7-8,12-13H2,1-2H3,(H,25,28). The van der Waals surface area contributed by atoms with Crippen molar-refractivity contribution in [1.29, 1.82) is 0 Å². The molecule has 1 aromatic heterocycles. The molecule has 0 radical (unpaired) electrons. The number of ether oxygens (including phenoxy) is 3. The zero-order valence-electron chi connectivity index (χ0n) is 18.3. The topological polar surface area (TPSA) is 101 Å². The lowest BCUT2D eigenvalue weighted by molar-refractivity contribution is -0.116. The van der Waals surface area contributed by atoms with Gasteiger partial charge in [-0.1, -0.05) is 6.07 Å². The maximum Gasteiger partial charge on any atom is 0.332 e. The van der Waals surface area contributed by atoms with E-state index in [1.807, 2.05) is 0 Å². The van der Waals surface area contributed by atoms with Crippen LogP contribution >= 0.6 is 0 Å². The van der Waals surface area contributed by atoms with Gasteiger partial charge in [-0.05, 0) is 37.1 Å². The Bertz CT molecular complexity index is 1310. The Morgan fingerprint density at radius 3 is 2.58 bits per heavy atom. The van der Waals surface area contributed by atoms with Crippen LogP contribution in [0.3, 0.4) is 0 Å². The van der Waals surface area contributed by atoms with Gasteiger partial charge in [0, 0.05) is 18.4 Å². The number of anilines is 1. The molecule has 2 heterocycles. The molecule has 1 aliphatic rings. The third kappa shape index (κ3) is 4.61. The number of methoxy groups -OCH3 is 2. The molecule has 174 valence electrons. The number of carbonyl (C=O) groups is 1. The minimum absolute atomic E-state index is 0.0769. The molecule has 1 unspecified atom stereocenters. The van der Waals surface area contributed by atoms with Gasteiger partial charge in [-0.15, -0.1) is 0 Å². The first kappa shape index (κ1) is 22.5. The summed E-state index contributed by atoms with van der Waals surface area (Å²) in [7, 11) is 2.87. The van der Waals surface area contributed by atoms with Crippen molar-refractivity contribution in [2.24, 2.45) is 0 Å². The van der Waals surface area contributed by atoms with Crippen LogP contribution < -0.4 is 26.0 Å². The molecule has 1 amide bonds. The minimum atomic E-state index is -0.649. The van der Waals surface area contributed by atoms with Gasteiger partial charge in [-0.3, -0.25) is 18.7 Å². The van der Waals surface area contributed by atoms with Crippen LogP contribution in [0.4, 0.5) is 10.1 Å². The summed E-state index contributed by atoms with van der Waals surface area (Å²) in [5, 5.41) is 2.77. The molecule has 1 saturated heterocycles. The number of hydrogen-bond acceptors (Lipinski definition) is 6. The SMILES string of the molecule is COc1cc2c(=O)n(CC3CCCO3)c(=O)n(CC(=O)Nc3cccc(F)c3)c2cc1OC. The zero-order valence-corrected chi connectivity index (χ0v) is 18.3. The molecule has 0 spiro atoms. The predicted octanol–water partition coefficient (Wildman–Crippen LogP) is 2.14. The van der Waals surface area contributed by atoms with Gasteiger partial charge in [-0.2, -0.15) is 0 Å². The van der Waals surface area contributed by atoms with Crippen LogP contribution in [-0.4, -0.2) is 42.0 Å². The largest absolute Gasteiger partial charge is 0.493 e. The van der Waals surface area contributed by atoms with Crippen LogP contribution in [0, 0.1) is 5.82 Å². The molecule has 10 heteroatoms. The smallest absolute Gasteiger partial charge is 0.332 e. The molecule has 33 heavy (non-hydrogen) atoms. The van der Waals surface area contributed by atoms with Crippen molar-refractivity contribution in [2.45, 2.75) is 32.0 Å². The van der Waals surface area contributed by atoms with Crippen LogP contribution in [0.5, 0.6) is 11.5 Å². The van der Waals surface area contributed by atoms with E-state index in [0.29, 0.717) is 18.1 Å². The fraction of sp³-hybridized carbons (Fsp3) is 0.348. The summed E-state index contributed by atoms with van der Waals surface area (Å²) in [5.41, 5.74) is -0.678. The third-order valence-electron chi connectivity index (χ3n) is 5.55. The average molecular weight is 457 g/mol. The Hall–Kier alpha value is -3.66. The molecule has 0 aliphatic carbocycles. The molecule has 0 bridgehead atoms. The summed E-state index contributed by atoms with van der Waals surface area (Å²) < 4.78 is 32.0. The molecule has 1 aliphatic heterocycles. The van der Waals surface area contributed by atoms with Crippen molar-refractivity contribution in [3.8, 4) is 11.5 Å². The molecule has 1 atom stereocenters. The fourth-order valence-corrected chi connectivity index (χ4v) is 3.96. The second-order valence-corrected chi connectivity index (χ2v) is 7.70. The highest BCUT2D eigenvalue weighted by molar-refractivity contribution is 5.92. The van der Waals surface area contributed by atoms with E-state index in [1.165, 1.54) is 55.2 Å². The molecular formula is C23H24FN3O6. The van der Waals surface area contributed by atoms with Gasteiger partial charge in [0.05, 0.1) is 37.8 Å². The fourth-order valence-electron chi connectivity index (χ4n) is 3.96. The van der Waals surface area contributed by atoms with Crippen molar-refractivity contribution in [3.05, 3.63) is 63.1 Å². The van der Waals surface area contributed by atoms with E-state index in [1.54, 1.807) is 0 Å². The number of halogens is 1. The highest BCUT2D eigenvalue weighted by Crippen LogP contribution is 2.30. The van der Waals surface area contributed by atoms with Crippen LogP contribution in [0.15, 0.2) is 46.0 Å². The van der Waals surface area contributed by atoms with Gasteiger partial charge in [0.1, 0.15) is 12.4 Å². The molecule has 2 aromatic carbocycles. The number of amides is 1. The van der Waals surface area contributed by atoms with E-state index in [0.717, 1.165) is 17.4 Å². The van der Waals surface area contributed by atoms with E-state index in [2.05, 4.69) is 5.32 Å². The van der Waals surface area contributed by atoms with Crippen LogP contribution in [-0.2, 0) is 22.6 Å². The maximum atomic E-state index is 13.5. The molecular weight excluding hydrogens is 433 g/mol. The van der Waals surface area contributed by atoms with E-state index in [4.69, 9.17) is 14.2 Å². The van der Waals surface area contributed by atoms with Gasteiger partial charge in [0.25, 0.3) is 5.56 Å². The van der Waals surface area contributed by atoms with Crippen molar-refractivity contribution < 1.29 is 23.4 Å². The molecule has 0 saturated carbocycles. The number of nitrogens with one attached hydrogen (secondary N) is 1. The van der Waals surface area contributed by atoms with Crippen LogP contribution in [0.1, 0.15) is 12.8 Å². The minimum Gasteiger partial charge on any atom is -0.493 e. The summed E-state index contributed by atoms with van der Waals surface area (Å²) in [6.07, 6.45) is 1.32. The molecule has 4 rings (SSSR count). The summed E-state index contributed by atoms with van der Waals surface area (Å²) in [6, 6.07) is 8.41. The number of fused-ring (bicyclic) bond motifs is 1. The number of benzene rings is 2. The first-order valence-corrected chi connectivity index (χ1v) is 10.5. The van der Waals surface area contributed by atoms with Crippen molar-refractivity contribution in [3.63, 3.8) is 0 Å². The van der Waals surface area contributed by atoms with Gasteiger partial charge >= 0.3 is 5.69 Å². The normalized spacial score (nSPS) is 15.5. The summed E-state index contributed by atoms with van der Waals surface area (Å²) in [6.45, 7) is 0.253. The molecule has 1 fully saturated rings. The Morgan fingerprint density at radius 1 is 1.15 bits per heavy atom. The zero-order chi connectivity index (χ0) is 23.5. The van der Waals surface area contributed by atoms with Crippen molar-refractivity contribution in [1.82, 2.24) is 9.13 Å². The number of hydrogen-bond donors (Lipinski definition) is 1. The lowest BCUT2D eigenvalue weighted by Gasteiger charge is -2.18. The molecule has 3 aromatic rings. The predicted molar refractivity (Wildman–Crippen MR) is 120 cm³/mol. The lowest BCUT2D eigenvalue weighted by Crippen LogP contribution is -2.43. The van der Waals surface area contributed by atoms with Crippen LogP contribution in [0.25, 0.3) is 10.9 Å². The third-order valence-corrected chi connectivity index (χ3v) is 5.55. The first-order chi connectivity index (χ1) is 15.9. The van der Waals surface area contributed by atoms with E-state index in [-0.39, 0.29) is 29.2 Å². The van der Waals surface area contributed by atoms with Crippen molar-refractivity contribution >= 4 is 22.5 Å². The Balaban J connectivity index is 1.81. The number of nitrogens with zero attached hydrogens (tertiary/aromatic N) is 2. The van der Waals surface area contributed by atoms with E-state index < -0.39 is 29.5 Å². The van der Waals surface area contributed by atoms with Gasteiger partial charge in [-0.25, -0.2) is 9.18 Å². The number of aromatic nitrogens is 2. The van der Waals surface area contributed by atoms with E-state index in [9.17, 15) is 18.8 Å². The Morgan fingerprint density at radius 2 is 1.91 bits per heavy atom. The second-order valence-electron chi connectivity index (χ2n) is 7.70. The van der Waals surface area contributed by atoms with Gasteiger partial charge in [0.2, 0.25) is 5.91 Å². The highest BCUT2D eigenvalue weighted by Gasteiger charge is 2.23. The quantitative estimate of drug-likeness (QED) is 0.584. The summed E-state index contributed by atoms with van der Waals surface area (Å²) in [5.74, 6) is -0.432. The van der Waals surface area contributed by atoms with Gasteiger partial charge < -0.3 is 19.5 Å². The van der Waals surface area contributed by atoms with Crippen LogP contribution in [0.2, 0.25) is 0 Å². The van der Waals surface area contributed by atoms with E-state index >= 15 is 0 Å². The molecule has 9 nitrogen and oxygen atoms in total. The lowest BCUT2D eigenvalue weighted by atomic mass is 10.2. The number of rotatable bonds is 7. The molecule has 1 N–H and O–H groups in total. The highest BCUT2D eigenvalue weighted by atomic mass is 19.1. The van der Waals surface area contributed by atoms with Gasteiger partial charge in [0.15, 0.2) is 11.5 Å². The monoisotopic (exact) mass is 457 g/mol. The Labute approximate surface area is 188 Å². The maximum absolute atomic E-state index is 13.5.